The number of hydrogen-bond acceptors (Lipinski definition) is 5. The standard InChI is InChI=1S/C13H20F3N3O2/c1-3-17-11-6-9(13(14,15)16)7-12(19-11)18-5-4-10(20)8-21-2/h6-7,10,20H,3-5,8H2,1-2H3,(H2,17,18,19). The molecule has 1 rings (SSSR count). The number of halogens is 3. The summed E-state index contributed by atoms with van der Waals surface area (Å²) in [7, 11) is 1.47. The second-order valence-electron chi connectivity index (χ2n) is 4.48. The van der Waals surface area contributed by atoms with Crippen LogP contribution in [0.3, 0.4) is 0 Å². The smallest absolute Gasteiger partial charge is 0.391 e. The molecule has 0 bridgehead atoms. The average Bonchev–Trinajstić information content (AvgIpc) is 2.38. The van der Waals surface area contributed by atoms with Gasteiger partial charge in [-0.2, -0.15) is 13.2 Å². The van der Waals surface area contributed by atoms with Crippen LogP contribution in [0.15, 0.2) is 12.1 Å². The van der Waals surface area contributed by atoms with Gasteiger partial charge in [-0.15, -0.1) is 0 Å². The molecule has 0 saturated carbocycles. The fourth-order valence-corrected chi connectivity index (χ4v) is 1.70. The summed E-state index contributed by atoms with van der Waals surface area (Å²) in [5, 5.41) is 15.0. The van der Waals surface area contributed by atoms with Gasteiger partial charge in [0.25, 0.3) is 0 Å². The quantitative estimate of drug-likeness (QED) is 0.688. The van der Waals surface area contributed by atoms with Gasteiger partial charge in [0.05, 0.1) is 18.3 Å². The van der Waals surface area contributed by atoms with E-state index >= 15 is 0 Å². The zero-order chi connectivity index (χ0) is 15.9. The Bertz CT molecular complexity index is 441. The molecule has 1 aromatic rings. The lowest BCUT2D eigenvalue weighted by Gasteiger charge is -2.14. The monoisotopic (exact) mass is 307 g/mol. The number of nitrogens with zero attached hydrogens (tertiary/aromatic N) is 1. The van der Waals surface area contributed by atoms with Gasteiger partial charge in [-0.05, 0) is 25.5 Å². The molecule has 0 fully saturated rings. The number of nitrogens with one attached hydrogen (secondary N) is 2. The van der Waals surface area contributed by atoms with E-state index in [1.807, 2.05) is 0 Å². The highest BCUT2D eigenvalue weighted by molar-refractivity contribution is 5.49. The third kappa shape index (κ3) is 6.17. The highest BCUT2D eigenvalue weighted by Crippen LogP contribution is 2.32. The van der Waals surface area contributed by atoms with E-state index in [1.165, 1.54) is 7.11 Å². The molecule has 21 heavy (non-hydrogen) atoms. The molecule has 0 aromatic carbocycles. The third-order valence-electron chi connectivity index (χ3n) is 2.65. The highest BCUT2D eigenvalue weighted by Gasteiger charge is 2.31. The molecular weight excluding hydrogens is 287 g/mol. The van der Waals surface area contributed by atoms with E-state index < -0.39 is 17.8 Å². The second-order valence-corrected chi connectivity index (χ2v) is 4.48. The molecule has 1 heterocycles. The van der Waals surface area contributed by atoms with Gasteiger partial charge < -0.3 is 20.5 Å². The molecule has 1 atom stereocenters. The molecule has 0 aliphatic rings. The number of alkyl halides is 3. The number of methoxy groups -OCH3 is 1. The Hall–Kier alpha value is -1.54. The first kappa shape index (κ1) is 17.5. The molecule has 3 N–H and O–H groups in total. The van der Waals surface area contributed by atoms with Gasteiger partial charge in [0.2, 0.25) is 0 Å². The maximum absolute atomic E-state index is 12.8. The van der Waals surface area contributed by atoms with Gasteiger partial charge >= 0.3 is 6.18 Å². The number of pyridine rings is 1. The lowest BCUT2D eigenvalue weighted by molar-refractivity contribution is -0.137. The first-order valence-electron chi connectivity index (χ1n) is 6.60. The summed E-state index contributed by atoms with van der Waals surface area (Å²) in [6, 6.07) is 1.91. The Labute approximate surface area is 121 Å². The fourth-order valence-electron chi connectivity index (χ4n) is 1.70. The van der Waals surface area contributed by atoms with E-state index in [-0.39, 0.29) is 18.2 Å². The number of anilines is 2. The first-order chi connectivity index (χ1) is 9.86. The molecule has 0 aliphatic carbocycles. The predicted molar refractivity (Wildman–Crippen MR) is 74.4 cm³/mol. The number of aliphatic hydroxyl groups excluding tert-OH is 1. The van der Waals surface area contributed by atoms with Gasteiger partial charge in [0.15, 0.2) is 0 Å². The van der Waals surface area contributed by atoms with Crippen molar-refractivity contribution < 1.29 is 23.0 Å². The summed E-state index contributed by atoms with van der Waals surface area (Å²) in [4.78, 5) is 4.04. The Morgan fingerprint density at radius 3 is 2.43 bits per heavy atom. The van der Waals surface area contributed by atoms with Crippen LogP contribution in [0, 0.1) is 0 Å². The van der Waals surface area contributed by atoms with Gasteiger partial charge in [0, 0.05) is 20.2 Å². The topological polar surface area (TPSA) is 66.4 Å². The Kier molecular flexibility index (Phi) is 6.70. The van der Waals surface area contributed by atoms with Crippen LogP contribution in [0.1, 0.15) is 18.9 Å². The van der Waals surface area contributed by atoms with Crippen molar-refractivity contribution in [2.45, 2.75) is 25.6 Å². The lowest BCUT2D eigenvalue weighted by atomic mass is 10.2. The fraction of sp³-hybridized carbons (Fsp3) is 0.615. The van der Waals surface area contributed by atoms with E-state index in [0.717, 1.165) is 12.1 Å². The third-order valence-corrected chi connectivity index (χ3v) is 2.65. The minimum absolute atomic E-state index is 0.116. The minimum atomic E-state index is -4.43. The molecule has 1 unspecified atom stereocenters. The summed E-state index contributed by atoms with van der Waals surface area (Å²) < 4.78 is 43.2. The Morgan fingerprint density at radius 1 is 1.29 bits per heavy atom. The number of aliphatic hydroxyl groups is 1. The van der Waals surface area contributed by atoms with Crippen molar-refractivity contribution in [3.63, 3.8) is 0 Å². The number of hydrogen-bond donors (Lipinski definition) is 3. The van der Waals surface area contributed by atoms with E-state index in [9.17, 15) is 18.3 Å². The second kappa shape index (κ2) is 8.04. The van der Waals surface area contributed by atoms with E-state index in [0.29, 0.717) is 19.5 Å². The van der Waals surface area contributed by atoms with Gasteiger partial charge in [-0.3, -0.25) is 0 Å². The molecule has 0 radical (unpaired) electrons. The van der Waals surface area contributed by atoms with E-state index in [4.69, 9.17) is 4.74 Å². The van der Waals surface area contributed by atoms with Crippen LogP contribution in [0.4, 0.5) is 24.8 Å². The average molecular weight is 307 g/mol. The molecule has 8 heteroatoms. The van der Waals surface area contributed by atoms with Crippen LogP contribution >= 0.6 is 0 Å². The molecule has 5 nitrogen and oxygen atoms in total. The summed E-state index contributed by atoms with van der Waals surface area (Å²) in [6.45, 7) is 2.72. The maximum Gasteiger partial charge on any atom is 0.416 e. The number of ether oxygens (including phenoxy) is 1. The maximum atomic E-state index is 12.8. The molecule has 0 amide bonds. The zero-order valence-electron chi connectivity index (χ0n) is 12.0. The summed E-state index contributed by atoms with van der Waals surface area (Å²) in [6.07, 6.45) is -4.75. The molecule has 0 saturated heterocycles. The SMILES string of the molecule is CCNc1cc(C(F)(F)F)cc(NCCC(O)COC)n1. The van der Waals surface area contributed by atoms with Crippen LogP contribution < -0.4 is 10.6 Å². The molecule has 120 valence electrons. The number of rotatable bonds is 8. The van der Waals surface area contributed by atoms with Crippen LogP contribution in [0.5, 0.6) is 0 Å². The Balaban J connectivity index is 2.74. The van der Waals surface area contributed by atoms with Crippen molar-refractivity contribution in [2.24, 2.45) is 0 Å². The van der Waals surface area contributed by atoms with E-state index in [1.54, 1.807) is 6.92 Å². The first-order valence-corrected chi connectivity index (χ1v) is 6.60. The van der Waals surface area contributed by atoms with Crippen molar-refractivity contribution in [1.29, 1.82) is 0 Å². The van der Waals surface area contributed by atoms with Crippen molar-refractivity contribution in [3.05, 3.63) is 17.7 Å². The van der Waals surface area contributed by atoms with Crippen molar-refractivity contribution in [2.75, 3.05) is 37.4 Å². The van der Waals surface area contributed by atoms with Gasteiger partial charge in [0.1, 0.15) is 11.6 Å². The zero-order valence-corrected chi connectivity index (χ0v) is 12.0. The largest absolute Gasteiger partial charge is 0.416 e. The highest BCUT2D eigenvalue weighted by atomic mass is 19.4. The van der Waals surface area contributed by atoms with Crippen molar-refractivity contribution >= 4 is 11.6 Å². The van der Waals surface area contributed by atoms with E-state index in [2.05, 4.69) is 15.6 Å². The van der Waals surface area contributed by atoms with Crippen molar-refractivity contribution in [1.82, 2.24) is 4.98 Å². The molecular formula is C13H20F3N3O2. The normalized spacial score (nSPS) is 13.0. The lowest BCUT2D eigenvalue weighted by Crippen LogP contribution is -2.19. The van der Waals surface area contributed by atoms with Crippen molar-refractivity contribution in [3.8, 4) is 0 Å². The van der Waals surface area contributed by atoms with Crippen LogP contribution in [-0.2, 0) is 10.9 Å². The summed E-state index contributed by atoms with van der Waals surface area (Å²) >= 11 is 0. The molecule has 0 aliphatic heterocycles. The minimum Gasteiger partial charge on any atom is -0.391 e. The van der Waals surface area contributed by atoms with Crippen LogP contribution in [0.2, 0.25) is 0 Å². The van der Waals surface area contributed by atoms with Crippen LogP contribution in [0.25, 0.3) is 0 Å². The van der Waals surface area contributed by atoms with Crippen LogP contribution in [-0.4, -0.2) is 43.0 Å². The molecule has 1 aromatic heterocycles. The van der Waals surface area contributed by atoms with Gasteiger partial charge in [-0.1, -0.05) is 0 Å². The Morgan fingerprint density at radius 2 is 1.90 bits per heavy atom. The molecule has 0 spiro atoms. The summed E-state index contributed by atoms with van der Waals surface area (Å²) in [5.41, 5.74) is -0.770. The summed E-state index contributed by atoms with van der Waals surface area (Å²) in [5.74, 6) is 0.276. The number of aromatic nitrogens is 1. The predicted octanol–water partition coefficient (Wildman–Crippen LogP) is 2.34. The van der Waals surface area contributed by atoms with Gasteiger partial charge in [-0.25, -0.2) is 4.98 Å².